The number of nitrogens with one attached hydrogen (secondary N) is 2. The first-order chi connectivity index (χ1) is 16.5. The van der Waals surface area contributed by atoms with Gasteiger partial charge in [0.2, 0.25) is 0 Å². The van der Waals surface area contributed by atoms with E-state index in [0.29, 0.717) is 22.7 Å². The molecular weight excluding hydrogens is 450 g/mol. The van der Waals surface area contributed by atoms with Gasteiger partial charge in [0.25, 0.3) is 11.8 Å². The monoisotopic (exact) mass is 477 g/mol. The number of amides is 2. The Balaban J connectivity index is 1.49. The molecule has 0 aliphatic heterocycles. The van der Waals surface area contributed by atoms with Crippen LogP contribution < -0.4 is 10.7 Å². The summed E-state index contributed by atoms with van der Waals surface area (Å²) in [4.78, 5) is 25.4. The molecule has 2 aromatic carbocycles. The van der Waals surface area contributed by atoms with Crippen LogP contribution in [0.15, 0.2) is 58.0 Å². The van der Waals surface area contributed by atoms with Crippen molar-refractivity contribution in [2.24, 2.45) is 5.10 Å². The van der Waals surface area contributed by atoms with Gasteiger partial charge in [-0.3, -0.25) is 9.59 Å². The second-order valence-electron chi connectivity index (χ2n) is 8.47. The fourth-order valence-electron chi connectivity index (χ4n) is 4.10. The van der Waals surface area contributed by atoms with Gasteiger partial charge < -0.3 is 9.73 Å². The molecule has 0 fully saturated rings. The van der Waals surface area contributed by atoms with Crippen LogP contribution in [0, 0.1) is 6.92 Å². The van der Waals surface area contributed by atoms with Gasteiger partial charge in [-0.25, -0.2) is 5.43 Å². The minimum atomic E-state index is -0.321. The summed E-state index contributed by atoms with van der Waals surface area (Å²) < 4.78 is 5.96. The fourth-order valence-corrected chi connectivity index (χ4v) is 4.23. The zero-order valence-corrected chi connectivity index (χ0v) is 20.2. The van der Waals surface area contributed by atoms with Crippen molar-refractivity contribution in [2.75, 3.05) is 5.32 Å². The lowest BCUT2D eigenvalue weighted by atomic mass is 9.93. The summed E-state index contributed by atoms with van der Waals surface area (Å²) in [5, 5.41) is 7.86. The predicted molar refractivity (Wildman–Crippen MR) is 135 cm³/mol. The summed E-state index contributed by atoms with van der Waals surface area (Å²) in [6, 6.07) is 14.5. The number of halogens is 1. The molecule has 176 valence electrons. The van der Waals surface area contributed by atoms with Crippen LogP contribution in [-0.4, -0.2) is 17.5 Å². The average molecular weight is 478 g/mol. The average Bonchev–Trinajstić information content (AvgIpc) is 3.19. The van der Waals surface area contributed by atoms with Crippen molar-refractivity contribution >= 4 is 34.8 Å². The van der Waals surface area contributed by atoms with Gasteiger partial charge in [0.1, 0.15) is 5.76 Å². The van der Waals surface area contributed by atoms with Gasteiger partial charge in [-0.2, -0.15) is 5.10 Å². The topological polar surface area (TPSA) is 83.7 Å². The number of rotatable bonds is 7. The molecule has 1 aliphatic rings. The Hall–Kier alpha value is -3.38. The number of hydrazone groups is 1. The summed E-state index contributed by atoms with van der Waals surface area (Å²) in [5.41, 5.74) is 7.31. The van der Waals surface area contributed by atoms with E-state index >= 15 is 0 Å². The number of hydrogen-bond donors (Lipinski definition) is 2. The van der Waals surface area contributed by atoms with E-state index in [1.807, 2.05) is 31.2 Å². The highest BCUT2D eigenvalue weighted by Crippen LogP contribution is 2.30. The molecule has 1 aromatic heterocycles. The van der Waals surface area contributed by atoms with Crippen LogP contribution in [0.5, 0.6) is 0 Å². The maximum absolute atomic E-state index is 13.0. The Bertz CT molecular complexity index is 1210. The third-order valence-electron chi connectivity index (χ3n) is 5.96. The first-order valence-electron chi connectivity index (χ1n) is 11.6. The number of hydrogen-bond acceptors (Lipinski definition) is 4. The zero-order chi connectivity index (χ0) is 24.1. The molecule has 2 N–H and O–H groups in total. The Morgan fingerprint density at radius 3 is 2.47 bits per heavy atom. The minimum Gasteiger partial charge on any atom is -0.455 e. The van der Waals surface area contributed by atoms with Crippen LogP contribution in [0.25, 0.3) is 0 Å². The van der Waals surface area contributed by atoms with Gasteiger partial charge >= 0.3 is 0 Å². The predicted octanol–water partition coefficient (Wildman–Crippen LogP) is 6.31. The van der Waals surface area contributed by atoms with Crippen LogP contribution in [-0.2, 0) is 12.8 Å². The molecule has 0 radical (unpaired) electrons. The van der Waals surface area contributed by atoms with Crippen molar-refractivity contribution < 1.29 is 14.0 Å². The van der Waals surface area contributed by atoms with E-state index in [1.165, 1.54) is 5.56 Å². The SMILES string of the molecule is CCCCc1ccc(NC(=O)c2oc3c(c2C)/C(=N/NC(=O)c2ccc(Cl)cc2)CCC3)cc1. The fraction of sp³-hybridized carbons (Fsp3) is 0.296. The first-order valence-corrected chi connectivity index (χ1v) is 12.0. The number of anilines is 1. The normalized spacial score (nSPS) is 14.0. The van der Waals surface area contributed by atoms with Crippen LogP contribution >= 0.6 is 11.6 Å². The van der Waals surface area contributed by atoms with Crippen molar-refractivity contribution in [3.8, 4) is 0 Å². The third-order valence-corrected chi connectivity index (χ3v) is 6.21. The number of unbranched alkanes of at least 4 members (excludes halogenated alkanes) is 1. The molecule has 34 heavy (non-hydrogen) atoms. The maximum Gasteiger partial charge on any atom is 0.291 e. The zero-order valence-electron chi connectivity index (χ0n) is 19.4. The van der Waals surface area contributed by atoms with E-state index in [9.17, 15) is 9.59 Å². The van der Waals surface area contributed by atoms with E-state index in [0.717, 1.165) is 54.7 Å². The number of benzene rings is 2. The molecule has 6 nitrogen and oxygen atoms in total. The lowest BCUT2D eigenvalue weighted by Gasteiger charge is -2.13. The molecule has 0 spiro atoms. The Morgan fingerprint density at radius 2 is 1.76 bits per heavy atom. The standard InChI is InChI=1S/C27H28ClN3O3/c1-3-4-6-18-9-15-21(16-10-18)29-27(33)25-17(2)24-22(7-5-8-23(24)34-25)30-31-26(32)19-11-13-20(28)14-12-19/h9-16H,3-8H2,1-2H3,(H,29,33)(H,31,32)/b30-22+. The molecule has 1 heterocycles. The second kappa shape index (κ2) is 10.7. The highest BCUT2D eigenvalue weighted by Gasteiger charge is 2.28. The van der Waals surface area contributed by atoms with Gasteiger partial charge in [-0.05, 0) is 74.6 Å². The molecule has 0 saturated heterocycles. The maximum atomic E-state index is 13.0. The largest absolute Gasteiger partial charge is 0.455 e. The quantitative estimate of drug-likeness (QED) is 0.391. The molecule has 3 aromatic rings. The molecule has 0 atom stereocenters. The molecule has 0 unspecified atom stereocenters. The van der Waals surface area contributed by atoms with Gasteiger partial charge in [0, 0.05) is 33.8 Å². The number of carbonyl (C=O) groups excluding carboxylic acids is 2. The van der Waals surface area contributed by atoms with Gasteiger partial charge in [-0.1, -0.05) is 37.1 Å². The molecule has 7 heteroatoms. The molecule has 2 amide bonds. The van der Waals surface area contributed by atoms with Gasteiger partial charge in [0.05, 0.1) is 5.71 Å². The van der Waals surface area contributed by atoms with Crippen LogP contribution in [0.4, 0.5) is 5.69 Å². The summed E-state index contributed by atoms with van der Waals surface area (Å²) in [5.74, 6) is 0.387. The minimum absolute atomic E-state index is 0.277. The van der Waals surface area contributed by atoms with Gasteiger partial charge in [-0.15, -0.1) is 0 Å². The summed E-state index contributed by atoms with van der Waals surface area (Å²) in [6.45, 7) is 4.02. The van der Waals surface area contributed by atoms with E-state index in [2.05, 4.69) is 22.8 Å². The third kappa shape index (κ3) is 5.39. The van der Waals surface area contributed by atoms with Crippen molar-refractivity contribution in [2.45, 2.75) is 52.4 Å². The highest BCUT2D eigenvalue weighted by atomic mass is 35.5. The molecule has 0 saturated carbocycles. The molecular formula is C27H28ClN3O3. The van der Waals surface area contributed by atoms with Crippen molar-refractivity contribution in [3.05, 3.63) is 87.3 Å². The smallest absolute Gasteiger partial charge is 0.291 e. The van der Waals surface area contributed by atoms with Crippen molar-refractivity contribution in [1.29, 1.82) is 0 Å². The number of aryl methyl sites for hydroxylation is 2. The van der Waals surface area contributed by atoms with Crippen molar-refractivity contribution in [3.63, 3.8) is 0 Å². The number of nitrogens with zero attached hydrogens (tertiary/aromatic N) is 1. The van der Waals surface area contributed by atoms with E-state index in [4.69, 9.17) is 16.0 Å². The van der Waals surface area contributed by atoms with Crippen LogP contribution in [0.2, 0.25) is 5.02 Å². The van der Waals surface area contributed by atoms with Crippen LogP contribution in [0.1, 0.15) is 76.0 Å². The molecule has 1 aliphatic carbocycles. The van der Waals surface area contributed by atoms with Crippen molar-refractivity contribution in [1.82, 2.24) is 5.43 Å². The van der Waals surface area contributed by atoms with Crippen LogP contribution in [0.3, 0.4) is 0 Å². The van der Waals surface area contributed by atoms with E-state index in [1.54, 1.807) is 24.3 Å². The lowest BCUT2D eigenvalue weighted by Crippen LogP contribution is -2.22. The Labute approximate surface area is 204 Å². The molecule has 4 rings (SSSR count). The van der Waals surface area contributed by atoms with E-state index < -0.39 is 0 Å². The number of furan rings is 1. The lowest BCUT2D eigenvalue weighted by molar-refractivity contribution is 0.0953. The number of fused-ring (bicyclic) bond motifs is 1. The Morgan fingerprint density at radius 1 is 1.03 bits per heavy atom. The highest BCUT2D eigenvalue weighted by molar-refractivity contribution is 6.30. The van der Waals surface area contributed by atoms with E-state index in [-0.39, 0.29) is 17.6 Å². The summed E-state index contributed by atoms with van der Waals surface area (Å²) in [7, 11) is 0. The van der Waals surface area contributed by atoms with Gasteiger partial charge in [0.15, 0.2) is 5.76 Å². The first kappa shape index (κ1) is 23.8. The second-order valence-corrected chi connectivity index (χ2v) is 8.91. The summed E-state index contributed by atoms with van der Waals surface area (Å²) >= 11 is 5.89. The summed E-state index contributed by atoms with van der Waals surface area (Å²) in [6.07, 6.45) is 5.57. The Kier molecular flexibility index (Phi) is 7.48. The number of carbonyl (C=O) groups is 2. The molecule has 0 bridgehead atoms.